The topological polar surface area (TPSA) is 97.1 Å². The van der Waals surface area contributed by atoms with E-state index in [2.05, 4.69) is 15.6 Å². The SMILES string of the molecule is NCC(=O)Nc1ccc2c(c1)CC1(C2)C(=O)Nc2ncccc21. The standard InChI is InChI=1S/C17H16N4O2/c18-9-14(22)20-12-4-3-10-7-17(8-11(10)6-12)13-2-1-5-19-15(13)21-16(17)23/h1-6H,7-9,18H2,(H,20,22)(H,19,21,23). The molecule has 1 aliphatic heterocycles. The largest absolute Gasteiger partial charge is 0.325 e. The van der Waals surface area contributed by atoms with Gasteiger partial charge in [0.1, 0.15) is 5.82 Å². The predicted molar refractivity (Wildman–Crippen MR) is 86.1 cm³/mol. The third-order valence-electron chi connectivity index (χ3n) is 4.65. The first-order valence-corrected chi connectivity index (χ1v) is 7.51. The van der Waals surface area contributed by atoms with Crippen LogP contribution in [0.3, 0.4) is 0 Å². The van der Waals surface area contributed by atoms with Crippen molar-refractivity contribution in [2.24, 2.45) is 5.73 Å². The van der Waals surface area contributed by atoms with Crippen molar-refractivity contribution in [1.29, 1.82) is 0 Å². The van der Waals surface area contributed by atoms with Crippen LogP contribution < -0.4 is 16.4 Å². The monoisotopic (exact) mass is 308 g/mol. The van der Waals surface area contributed by atoms with Crippen LogP contribution in [0.5, 0.6) is 0 Å². The summed E-state index contributed by atoms with van der Waals surface area (Å²) in [5.41, 5.74) is 8.61. The van der Waals surface area contributed by atoms with Crippen molar-refractivity contribution in [1.82, 2.24) is 4.98 Å². The van der Waals surface area contributed by atoms with E-state index >= 15 is 0 Å². The molecule has 0 radical (unpaired) electrons. The lowest BCUT2D eigenvalue weighted by Gasteiger charge is -2.20. The van der Waals surface area contributed by atoms with Crippen molar-refractivity contribution in [3.8, 4) is 0 Å². The van der Waals surface area contributed by atoms with Gasteiger partial charge in [-0.3, -0.25) is 9.59 Å². The van der Waals surface area contributed by atoms with E-state index in [-0.39, 0.29) is 18.4 Å². The van der Waals surface area contributed by atoms with Crippen molar-refractivity contribution in [3.63, 3.8) is 0 Å². The number of pyridine rings is 1. The predicted octanol–water partition coefficient (Wildman–Crippen LogP) is 0.967. The number of rotatable bonds is 2. The number of anilines is 2. The Balaban J connectivity index is 1.70. The summed E-state index contributed by atoms with van der Waals surface area (Å²) in [6, 6.07) is 9.57. The van der Waals surface area contributed by atoms with Gasteiger partial charge in [-0.1, -0.05) is 12.1 Å². The van der Waals surface area contributed by atoms with Gasteiger partial charge in [0.2, 0.25) is 11.8 Å². The molecule has 6 nitrogen and oxygen atoms in total. The molecule has 6 heteroatoms. The number of amides is 2. The average Bonchev–Trinajstić information content (AvgIpc) is 3.06. The van der Waals surface area contributed by atoms with Gasteiger partial charge in [-0.15, -0.1) is 0 Å². The zero-order chi connectivity index (χ0) is 16.0. The molecule has 0 bridgehead atoms. The molecule has 0 saturated carbocycles. The highest BCUT2D eigenvalue weighted by Crippen LogP contribution is 2.46. The molecule has 1 aromatic heterocycles. The van der Waals surface area contributed by atoms with Gasteiger partial charge >= 0.3 is 0 Å². The third-order valence-corrected chi connectivity index (χ3v) is 4.65. The number of hydrogen-bond acceptors (Lipinski definition) is 4. The Morgan fingerprint density at radius 1 is 1.30 bits per heavy atom. The van der Waals surface area contributed by atoms with Gasteiger partial charge in [-0.05, 0) is 42.2 Å². The fourth-order valence-electron chi connectivity index (χ4n) is 3.56. The molecule has 2 aromatic rings. The van der Waals surface area contributed by atoms with Gasteiger partial charge < -0.3 is 16.4 Å². The van der Waals surface area contributed by atoms with Crippen molar-refractivity contribution in [2.45, 2.75) is 18.3 Å². The zero-order valence-corrected chi connectivity index (χ0v) is 12.4. The number of nitrogens with zero attached hydrogens (tertiary/aromatic N) is 1. The highest BCUT2D eigenvalue weighted by atomic mass is 16.2. The van der Waals surface area contributed by atoms with E-state index in [9.17, 15) is 9.59 Å². The normalized spacial score (nSPS) is 21.0. The fraction of sp³-hybridized carbons (Fsp3) is 0.235. The summed E-state index contributed by atoms with van der Waals surface area (Å²) in [6.45, 7) is -0.0531. The third kappa shape index (κ3) is 2.03. The summed E-state index contributed by atoms with van der Waals surface area (Å²) in [5.74, 6) is 0.419. The lowest BCUT2D eigenvalue weighted by molar-refractivity contribution is -0.120. The van der Waals surface area contributed by atoms with E-state index < -0.39 is 5.41 Å². The van der Waals surface area contributed by atoms with E-state index in [0.29, 0.717) is 24.3 Å². The van der Waals surface area contributed by atoms with Gasteiger partial charge in [0, 0.05) is 17.4 Å². The van der Waals surface area contributed by atoms with Gasteiger partial charge in [0.25, 0.3) is 0 Å². The highest BCUT2D eigenvalue weighted by Gasteiger charge is 2.50. The quantitative estimate of drug-likeness (QED) is 0.770. The average molecular weight is 308 g/mol. The lowest BCUT2D eigenvalue weighted by atomic mass is 9.79. The van der Waals surface area contributed by atoms with Crippen molar-refractivity contribution in [2.75, 3.05) is 17.2 Å². The molecular weight excluding hydrogens is 292 g/mol. The van der Waals surface area contributed by atoms with E-state index in [1.54, 1.807) is 6.20 Å². The molecule has 0 fully saturated rings. The maximum atomic E-state index is 12.6. The molecule has 2 amide bonds. The first-order valence-electron chi connectivity index (χ1n) is 7.51. The van der Waals surface area contributed by atoms with Crippen LogP contribution in [-0.4, -0.2) is 23.3 Å². The summed E-state index contributed by atoms with van der Waals surface area (Å²) in [6.07, 6.45) is 2.94. The minimum absolute atomic E-state index is 0.00468. The van der Waals surface area contributed by atoms with Gasteiger partial charge in [0.05, 0.1) is 12.0 Å². The van der Waals surface area contributed by atoms with Crippen molar-refractivity contribution < 1.29 is 9.59 Å². The van der Waals surface area contributed by atoms with Crippen LogP contribution in [0.25, 0.3) is 0 Å². The van der Waals surface area contributed by atoms with Crippen LogP contribution >= 0.6 is 0 Å². The summed E-state index contributed by atoms with van der Waals surface area (Å²) in [5, 5.41) is 5.64. The van der Waals surface area contributed by atoms with Crippen LogP contribution in [0.1, 0.15) is 16.7 Å². The van der Waals surface area contributed by atoms with E-state index in [4.69, 9.17) is 5.73 Å². The number of nitrogens with one attached hydrogen (secondary N) is 2. The molecule has 0 saturated heterocycles. The van der Waals surface area contributed by atoms with E-state index in [0.717, 1.165) is 16.7 Å². The van der Waals surface area contributed by atoms with Crippen LogP contribution in [-0.2, 0) is 27.8 Å². The molecule has 2 aliphatic rings. The number of carbonyl (C=O) groups excluding carboxylic acids is 2. The number of benzene rings is 1. The summed E-state index contributed by atoms with van der Waals surface area (Å²) in [7, 11) is 0. The molecule has 4 rings (SSSR count). The molecule has 4 N–H and O–H groups in total. The van der Waals surface area contributed by atoms with Crippen LogP contribution in [0.15, 0.2) is 36.5 Å². The molecule has 1 aliphatic carbocycles. The summed E-state index contributed by atoms with van der Waals surface area (Å²) < 4.78 is 0. The Hall–Kier alpha value is -2.73. The molecule has 1 aromatic carbocycles. The smallest absolute Gasteiger partial charge is 0.238 e. The molecule has 1 spiro atoms. The van der Waals surface area contributed by atoms with Gasteiger partial charge in [-0.2, -0.15) is 0 Å². The Labute approximate surface area is 133 Å². The summed E-state index contributed by atoms with van der Waals surface area (Å²) >= 11 is 0. The Bertz CT molecular complexity index is 833. The zero-order valence-electron chi connectivity index (χ0n) is 12.4. The number of aromatic nitrogens is 1. The second-order valence-corrected chi connectivity index (χ2v) is 6.03. The highest BCUT2D eigenvalue weighted by molar-refractivity contribution is 6.06. The van der Waals surface area contributed by atoms with Crippen LogP contribution in [0.2, 0.25) is 0 Å². The second kappa shape index (κ2) is 4.89. The van der Waals surface area contributed by atoms with E-state index in [1.165, 1.54) is 0 Å². The first-order chi connectivity index (χ1) is 11.1. The van der Waals surface area contributed by atoms with Crippen LogP contribution in [0.4, 0.5) is 11.5 Å². The molecular formula is C17H16N4O2. The maximum Gasteiger partial charge on any atom is 0.238 e. The minimum atomic E-state index is -0.581. The van der Waals surface area contributed by atoms with Crippen molar-refractivity contribution >= 4 is 23.3 Å². The van der Waals surface area contributed by atoms with Gasteiger partial charge in [-0.25, -0.2) is 4.98 Å². The number of fused-ring (bicyclic) bond motifs is 3. The lowest BCUT2D eigenvalue weighted by Crippen LogP contribution is -2.35. The Morgan fingerprint density at radius 3 is 2.96 bits per heavy atom. The minimum Gasteiger partial charge on any atom is -0.325 e. The maximum absolute atomic E-state index is 12.6. The fourth-order valence-corrected chi connectivity index (χ4v) is 3.56. The molecule has 1 atom stereocenters. The molecule has 1 unspecified atom stereocenters. The number of hydrogen-bond donors (Lipinski definition) is 3. The summed E-state index contributed by atoms with van der Waals surface area (Å²) in [4.78, 5) is 28.3. The van der Waals surface area contributed by atoms with Crippen LogP contribution in [0, 0.1) is 0 Å². The number of nitrogens with two attached hydrogens (primary N) is 1. The van der Waals surface area contributed by atoms with Crippen molar-refractivity contribution in [3.05, 3.63) is 53.2 Å². The van der Waals surface area contributed by atoms with E-state index in [1.807, 2.05) is 30.3 Å². The molecule has 23 heavy (non-hydrogen) atoms. The Kier molecular flexibility index (Phi) is 2.96. The Morgan fingerprint density at radius 2 is 2.13 bits per heavy atom. The second-order valence-electron chi connectivity index (χ2n) is 6.03. The number of carbonyl (C=O) groups is 2. The van der Waals surface area contributed by atoms with Gasteiger partial charge in [0.15, 0.2) is 0 Å². The molecule has 116 valence electrons. The first kappa shape index (κ1) is 13.9. The molecule has 2 heterocycles.